The number of amides is 2. The van der Waals surface area contributed by atoms with Gasteiger partial charge < -0.3 is 10.2 Å². The van der Waals surface area contributed by atoms with Crippen LogP contribution in [-0.4, -0.2) is 41.7 Å². The molecule has 0 bridgehead atoms. The van der Waals surface area contributed by atoms with E-state index in [-0.39, 0.29) is 17.7 Å². The Bertz CT molecular complexity index is 299. The molecule has 0 radical (unpaired) electrons. The fourth-order valence-corrected chi connectivity index (χ4v) is 1.85. The molecule has 0 aromatic rings. The van der Waals surface area contributed by atoms with Gasteiger partial charge in [0.05, 0.1) is 5.41 Å². The van der Waals surface area contributed by atoms with E-state index in [1.54, 1.807) is 25.7 Å². The zero-order valence-electron chi connectivity index (χ0n) is 10.8. The third-order valence-electron chi connectivity index (χ3n) is 3.08. The van der Waals surface area contributed by atoms with Gasteiger partial charge in [0.1, 0.15) is 6.04 Å². The largest absolute Gasteiger partial charge is 0.344 e. The molecule has 1 atom stereocenters. The summed E-state index contributed by atoms with van der Waals surface area (Å²) in [5.74, 6) is 0.0671. The van der Waals surface area contributed by atoms with Crippen molar-refractivity contribution in [3.63, 3.8) is 0 Å². The molecule has 1 heterocycles. The average Bonchev–Trinajstić information content (AvgIpc) is 2.81. The van der Waals surface area contributed by atoms with Gasteiger partial charge in [-0.05, 0) is 33.6 Å². The fourth-order valence-electron chi connectivity index (χ4n) is 1.73. The van der Waals surface area contributed by atoms with Crippen molar-refractivity contribution in [3.05, 3.63) is 0 Å². The first-order valence-corrected chi connectivity index (χ1v) is 6.57. The number of likely N-dealkylation sites (tertiary alicyclic amines) is 1. The van der Waals surface area contributed by atoms with Gasteiger partial charge in [0.25, 0.3) is 0 Å². The Labute approximate surface area is 108 Å². The van der Waals surface area contributed by atoms with Gasteiger partial charge in [-0.1, -0.05) is 0 Å². The number of hydrogen-bond donors (Lipinski definition) is 1. The topological polar surface area (TPSA) is 49.4 Å². The standard InChI is InChI=1S/C12H21ClN2O2/c1-9(10(16)15-6-4-5-7-15)14-11(17)12(2,3)8-13/h9H,4-8H2,1-3H3,(H,14,17). The number of nitrogens with one attached hydrogen (secondary N) is 1. The Morgan fingerprint density at radius 1 is 1.35 bits per heavy atom. The lowest BCUT2D eigenvalue weighted by molar-refractivity contribution is -0.137. The van der Waals surface area contributed by atoms with E-state index in [4.69, 9.17) is 11.6 Å². The highest BCUT2D eigenvalue weighted by Crippen LogP contribution is 2.17. The first kappa shape index (κ1) is 14.3. The van der Waals surface area contributed by atoms with Crippen molar-refractivity contribution < 1.29 is 9.59 Å². The van der Waals surface area contributed by atoms with E-state index in [0.29, 0.717) is 0 Å². The van der Waals surface area contributed by atoms with E-state index < -0.39 is 11.5 Å². The second kappa shape index (κ2) is 5.71. The number of halogens is 1. The van der Waals surface area contributed by atoms with Crippen LogP contribution in [0, 0.1) is 5.41 Å². The van der Waals surface area contributed by atoms with E-state index in [0.717, 1.165) is 25.9 Å². The summed E-state index contributed by atoms with van der Waals surface area (Å²) in [6, 6.07) is -0.469. The van der Waals surface area contributed by atoms with Crippen LogP contribution in [0.4, 0.5) is 0 Å². The lowest BCUT2D eigenvalue weighted by Gasteiger charge is -2.25. The van der Waals surface area contributed by atoms with Gasteiger partial charge in [-0.3, -0.25) is 9.59 Å². The molecule has 0 saturated carbocycles. The molecular formula is C12H21ClN2O2. The highest BCUT2D eigenvalue weighted by molar-refractivity contribution is 6.19. The van der Waals surface area contributed by atoms with Crippen molar-refractivity contribution in [2.45, 2.75) is 39.7 Å². The number of rotatable bonds is 4. The molecule has 2 amide bonds. The second-order valence-electron chi connectivity index (χ2n) is 5.25. The summed E-state index contributed by atoms with van der Waals surface area (Å²) in [7, 11) is 0. The Hall–Kier alpha value is -0.770. The molecule has 1 fully saturated rings. The minimum absolute atomic E-state index is 0.00113. The number of alkyl halides is 1. The van der Waals surface area contributed by atoms with Crippen LogP contribution < -0.4 is 5.32 Å². The van der Waals surface area contributed by atoms with Gasteiger partial charge in [-0.15, -0.1) is 11.6 Å². The Balaban J connectivity index is 2.51. The van der Waals surface area contributed by atoms with Crippen LogP contribution in [0.15, 0.2) is 0 Å². The Kier molecular flexibility index (Phi) is 4.80. The van der Waals surface area contributed by atoms with E-state index in [1.807, 2.05) is 0 Å². The molecule has 1 aliphatic heterocycles. The SMILES string of the molecule is CC(NC(=O)C(C)(C)CCl)C(=O)N1CCCC1. The second-order valence-corrected chi connectivity index (χ2v) is 5.51. The molecule has 4 nitrogen and oxygen atoms in total. The van der Waals surface area contributed by atoms with Gasteiger partial charge in [-0.25, -0.2) is 0 Å². The molecule has 5 heteroatoms. The summed E-state index contributed by atoms with van der Waals surface area (Å²) in [6.07, 6.45) is 2.11. The molecule has 98 valence electrons. The molecule has 0 aromatic carbocycles. The Morgan fingerprint density at radius 3 is 2.35 bits per heavy atom. The third-order valence-corrected chi connectivity index (χ3v) is 3.75. The van der Waals surface area contributed by atoms with Crippen LogP contribution in [0.2, 0.25) is 0 Å². The minimum Gasteiger partial charge on any atom is -0.344 e. The third kappa shape index (κ3) is 3.60. The summed E-state index contributed by atoms with van der Waals surface area (Å²) in [4.78, 5) is 25.6. The lowest BCUT2D eigenvalue weighted by Crippen LogP contribution is -2.50. The fraction of sp³-hybridized carbons (Fsp3) is 0.833. The summed E-state index contributed by atoms with van der Waals surface area (Å²) >= 11 is 5.72. The van der Waals surface area contributed by atoms with Gasteiger partial charge in [0.15, 0.2) is 0 Å². The maximum absolute atomic E-state index is 12.0. The molecule has 0 spiro atoms. The normalized spacial score (nSPS) is 18.0. The highest BCUT2D eigenvalue weighted by Gasteiger charge is 2.30. The van der Waals surface area contributed by atoms with Crippen molar-refractivity contribution in [3.8, 4) is 0 Å². The number of hydrogen-bond acceptors (Lipinski definition) is 2. The zero-order valence-corrected chi connectivity index (χ0v) is 11.5. The molecular weight excluding hydrogens is 240 g/mol. The van der Waals surface area contributed by atoms with Crippen LogP contribution in [0.5, 0.6) is 0 Å². The first-order valence-electron chi connectivity index (χ1n) is 6.04. The van der Waals surface area contributed by atoms with Crippen LogP contribution in [0.1, 0.15) is 33.6 Å². The number of carbonyl (C=O) groups is 2. The predicted octanol–water partition coefficient (Wildman–Crippen LogP) is 1.38. The van der Waals surface area contributed by atoms with Gasteiger partial charge in [0.2, 0.25) is 11.8 Å². The van der Waals surface area contributed by atoms with Crippen LogP contribution in [0.25, 0.3) is 0 Å². The van der Waals surface area contributed by atoms with E-state index in [2.05, 4.69) is 5.32 Å². The maximum Gasteiger partial charge on any atom is 0.244 e. The average molecular weight is 261 g/mol. The van der Waals surface area contributed by atoms with Crippen molar-refractivity contribution in [2.75, 3.05) is 19.0 Å². The molecule has 0 aromatic heterocycles. The molecule has 0 aliphatic carbocycles. The van der Waals surface area contributed by atoms with E-state index in [1.165, 1.54) is 0 Å². The van der Waals surface area contributed by atoms with Crippen LogP contribution in [-0.2, 0) is 9.59 Å². The van der Waals surface area contributed by atoms with Gasteiger partial charge in [0, 0.05) is 19.0 Å². The molecule has 17 heavy (non-hydrogen) atoms. The van der Waals surface area contributed by atoms with Crippen molar-refractivity contribution >= 4 is 23.4 Å². The molecule has 1 rings (SSSR count). The quantitative estimate of drug-likeness (QED) is 0.777. The van der Waals surface area contributed by atoms with Crippen molar-refractivity contribution in [1.29, 1.82) is 0 Å². The van der Waals surface area contributed by atoms with Crippen molar-refractivity contribution in [2.24, 2.45) is 5.41 Å². The van der Waals surface area contributed by atoms with Crippen LogP contribution in [0.3, 0.4) is 0 Å². The molecule has 1 aliphatic rings. The summed E-state index contributed by atoms with van der Waals surface area (Å²) in [6.45, 7) is 6.86. The first-order chi connectivity index (χ1) is 7.88. The Morgan fingerprint density at radius 2 is 1.88 bits per heavy atom. The smallest absolute Gasteiger partial charge is 0.244 e. The summed E-state index contributed by atoms with van der Waals surface area (Å²) < 4.78 is 0. The van der Waals surface area contributed by atoms with Crippen molar-refractivity contribution in [1.82, 2.24) is 10.2 Å². The molecule has 1 saturated heterocycles. The zero-order chi connectivity index (χ0) is 13.1. The van der Waals surface area contributed by atoms with Crippen LogP contribution >= 0.6 is 11.6 Å². The minimum atomic E-state index is -0.638. The maximum atomic E-state index is 12.0. The monoisotopic (exact) mass is 260 g/mol. The van der Waals surface area contributed by atoms with E-state index >= 15 is 0 Å². The lowest BCUT2D eigenvalue weighted by atomic mass is 9.95. The summed E-state index contributed by atoms with van der Waals surface area (Å²) in [5.41, 5.74) is -0.638. The molecule has 1 N–H and O–H groups in total. The van der Waals surface area contributed by atoms with Gasteiger partial charge >= 0.3 is 0 Å². The van der Waals surface area contributed by atoms with E-state index in [9.17, 15) is 9.59 Å². The number of nitrogens with zero attached hydrogens (tertiary/aromatic N) is 1. The highest BCUT2D eigenvalue weighted by atomic mass is 35.5. The summed E-state index contributed by atoms with van der Waals surface area (Å²) in [5, 5.41) is 2.73. The molecule has 1 unspecified atom stereocenters. The number of carbonyl (C=O) groups excluding carboxylic acids is 2. The predicted molar refractivity (Wildman–Crippen MR) is 67.9 cm³/mol. The van der Waals surface area contributed by atoms with Gasteiger partial charge in [-0.2, -0.15) is 0 Å².